The van der Waals surface area contributed by atoms with Crippen LogP contribution < -0.4 is 10.6 Å². The van der Waals surface area contributed by atoms with Gasteiger partial charge in [-0.15, -0.1) is 0 Å². The molecular formula is C20H14Br2N2O3. The second-order valence-corrected chi connectivity index (χ2v) is 7.49. The highest BCUT2D eigenvalue weighted by Gasteiger charge is 2.15. The molecule has 0 aromatic heterocycles. The van der Waals surface area contributed by atoms with Gasteiger partial charge in [0, 0.05) is 25.9 Å². The fourth-order valence-corrected chi connectivity index (χ4v) is 2.86. The van der Waals surface area contributed by atoms with Gasteiger partial charge in [-0.05, 0) is 66.7 Å². The summed E-state index contributed by atoms with van der Waals surface area (Å²) in [5, 5.41) is 15.5. The second kappa shape index (κ2) is 8.37. The van der Waals surface area contributed by atoms with E-state index in [4.69, 9.17) is 0 Å². The smallest absolute Gasteiger partial charge is 0.259 e. The first-order chi connectivity index (χ1) is 12.9. The number of carbonyl (C=O) groups is 2. The Morgan fingerprint density at radius 2 is 1.19 bits per heavy atom. The van der Waals surface area contributed by atoms with Crippen LogP contribution in [0.15, 0.2) is 75.7 Å². The summed E-state index contributed by atoms with van der Waals surface area (Å²) in [6.07, 6.45) is 0. The molecule has 3 aromatic rings. The van der Waals surface area contributed by atoms with Crippen LogP contribution in [0.25, 0.3) is 0 Å². The van der Waals surface area contributed by atoms with Crippen molar-refractivity contribution in [2.24, 2.45) is 0 Å². The minimum absolute atomic E-state index is 0.0152. The summed E-state index contributed by atoms with van der Waals surface area (Å²) in [5.41, 5.74) is 1.47. The van der Waals surface area contributed by atoms with Crippen molar-refractivity contribution < 1.29 is 14.7 Å². The van der Waals surface area contributed by atoms with E-state index in [1.807, 2.05) is 12.1 Å². The molecule has 5 nitrogen and oxygen atoms in total. The fraction of sp³-hybridized carbons (Fsp3) is 0. The Labute approximate surface area is 172 Å². The number of rotatable bonds is 4. The van der Waals surface area contributed by atoms with Crippen LogP contribution in [-0.2, 0) is 0 Å². The van der Waals surface area contributed by atoms with Gasteiger partial charge < -0.3 is 15.7 Å². The molecule has 0 atom stereocenters. The van der Waals surface area contributed by atoms with Crippen molar-refractivity contribution in [2.45, 2.75) is 0 Å². The average molecular weight is 490 g/mol. The van der Waals surface area contributed by atoms with Gasteiger partial charge in [0.1, 0.15) is 5.75 Å². The molecule has 3 rings (SSSR count). The van der Waals surface area contributed by atoms with Crippen LogP contribution in [0, 0.1) is 0 Å². The van der Waals surface area contributed by atoms with Crippen molar-refractivity contribution in [3.63, 3.8) is 0 Å². The lowest BCUT2D eigenvalue weighted by molar-refractivity contribution is 0.102. The molecule has 7 heteroatoms. The Bertz CT molecular complexity index is 987. The minimum atomic E-state index is -0.506. The van der Waals surface area contributed by atoms with E-state index in [0.29, 0.717) is 11.4 Å². The van der Waals surface area contributed by atoms with E-state index in [1.54, 1.807) is 36.4 Å². The summed E-state index contributed by atoms with van der Waals surface area (Å²) >= 11 is 6.66. The van der Waals surface area contributed by atoms with E-state index in [-0.39, 0.29) is 22.8 Å². The molecule has 0 bridgehead atoms. The van der Waals surface area contributed by atoms with Gasteiger partial charge in [-0.25, -0.2) is 0 Å². The third-order valence-electron chi connectivity index (χ3n) is 3.71. The molecule has 3 N–H and O–H groups in total. The number of carbonyl (C=O) groups excluding carboxylic acids is 2. The lowest BCUT2D eigenvalue weighted by Gasteiger charge is -2.10. The molecule has 0 heterocycles. The number of anilines is 2. The number of phenolic OH excluding ortho intramolecular Hbond substituents is 1. The van der Waals surface area contributed by atoms with Crippen molar-refractivity contribution in [3.8, 4) is 5.75 Å². The van der Waals surface area contributed by atoms with E-state index < -0.39 is 5.91 Å². The van der Waals surface area contributed by atoms with Gasteiger partial charge in [0.2, 0.25) is 0 Å². The highest BCUT2D eigenvalue weighted by molar-refractivity contribution is 9.10. The number of aromatic hydroxyl groups is 1. The standard InChI is InChI=1S/C20H14Br2N2O3/c21-13-2-6-15(7-3-13)23-19(26)12-1-10-18(25)17(11-12)20(27)24-16-8-4-14(22)5-9-16/h1-11,25H,(H,23,26)(H,24,27). The molecule has 0 fully saturated rings. The van der Waals surface area contributed by atoms with Crippen LogP contribution in [0.3, 0.4) is 0 Å². The quantitative estimate of drug-likeness (QED) is 0.457. The molecule has 27 heavy (non-hydrogen) atoms. The van der Waals surface area contributed by atoms with E-state index in [1.165, 1.54) is 18.2 Å². The van der Waals surface area contributed by atoms with Crippen LogP contribution in [0.4, 0.5) is 11.4 Å². The Hall–Kier alpha value is -2.64. The third kappa shape index (κ3) is 4.96. The molecule has 136 valence electrons. The fourth-order valence-electron chi connectivity index (χ4n) is 2.33. The number of hydrogen-bond donors (Lipinski definition) is 3. The number of phenols is 1. The van der Waals surface area contributed by atoms with Crippen molar-refractivity contribution in [2.75, 3.05) is 10.6 Å². The van der Waals surface area contributed by atoms with Crippen LogP contribution in [-0.4, -0.2) is 16.9 Å². The lowest BCUT2D eigenvalue weighted by Crippen LogP contribution is -2.15. The Balaban J connectivity index is 1.78. The largest absolute Gasteiger partial charge is 0.507 e. The normalized spacial score (nSPS) is 10.3. The average Bonchev–Trinajstić information content (AvgIpc) is 2.65. The molecule has 0 spiro atoms. The SMILES string of the molecule is O=C(Nc1ccc(Br)cc1)c1ccc(O)c(C(=O)Nc2ccc(Br)cc2)c1. The van der Waals surface area contributed by atoms with Crippen LogP contribution >= 0.6 is 31.9 Å². The highest BCUT2D eigenvalue weighted by atomic mass is 79.9. The Morgan fingerprint density at radius 3 is 1.70 bits per heavy atom. The summed E-state index contributed by atoms with van der Waals surface area (Å²) < 4.78 is 1.78. The molecule has 0 unspecified atom stereocenters. The molecule has 0 aliphatic carbocycles. The van der Waals surface area contributed by atoms with Crippen LogP contribution in [0.2, 0.25) is 0 Å². The number of halogens is 2. The number of nitrogens with one attached hydrogen (secondary N) is 2. The van der Waals surface area contributed by atoms with Crippen LogP contribution in [0.5, 0.6) is 5.75 Å². The monoisotopic (exact) mass is 488 g/mol. The van der Waals surface area contributed by atoms with Crippen molar-refractivity contribution in [1.82, 2.24) is 0 Å². The maximum atomic E-state index is 12.5. The number of benzene rings is 3. The number of hydrogen-bond acceptors (Lipinski definition) is 3. The van der Waals surface area contributed by atoms with Crippen molar-refractivity contribution in [3.05, 3.63) is 86.8 Å². The predicted molar refractivity (Wildman–Crippen MR) is 112 cm³/mol. The summed E-state index contributed by atoms with van der Waals surface area (Å²) in [7, 11) is 0. The minimum Gasteiger partial charge on any atom is -0.507 e. The van der Waals surface area contributed by atoms with E-state index in [2.05, 4.69) is 42.5 Å². The van der Waals surface area contributed by atoms with E-state index in [9.17, 15) is 14.7 Å². The van der Waals surface area contributed by atoms with Crippen molar-refractivity contribution >= 4 is 55.0 Å². The second-order valence-electron chi connectivity index (χ2n) is 5.65. The molecule has 0 saturated heterocycles. The Kier molecular flexibility index (Phi) is 5.93. The maximum Gasteiger partial charge on any atom is 0.259 e. The van der Waals surface area contributed by atoms with Gasteiger partial charge in [0.15, 0.2) is 0 Å². The molecule has 0 aliphatic heterocycles. The predicted octanol–water partition coefficient (Wildman–Crippen LogP) is 5.42. The zero-order valence-corrected chi connectivity index (χ0v) is 17.0. The molecular weight excluding hydrogens is 476 g/mol. The van der Waals surface area contributed by atoms with Gasteiger partial charge in [-0.1, -0.05) is 31.9 Å². The zero-order chi connectivity index (χ0) is 19.4. The molecule has 3 aromatic carbocycles. The van der Waals surface area contributed by atoms with Gasteiger partial charge >= 0.3 is 0 Å². The number of amides is 2. The summed E-state index contributed by atoms with van der Waals surface area (Å²) in [5.74, 6) is -1.09. The molecule has 0 aliphatic rings. The summed E-state index contributed by atoms with van der Waals surface area (Å²) in [4.78, 5) is 24.9. The van der Waals surface area contributed by atoms with Gasteiger partial charge in [0.05, 0.1) is 5.56 Å². The van der Waals surface area contributed by atoms with Gasteiger partial charge in [-0.2, -0.15) is 0 Å². The molecule has 0 saturated carbocycles. The first-order valence-corrected chi connectivity index (χ1v) is 9.48. The van der Waals surface area contributed by atoms with Gasteiger partial charge in [0.25, 0.3) is 11.8 Å². The Morgan fingerprint density at radius 1 is 0.704 bits per heavy atom. The zero-order valence-electron chi connectivity index (χ0n) is 13.9. The van der Waals surface area contributed by atoms with Crippen LogP contribution in [0.1, 0.15) is 20.7 Å². The van der Waals surface area contributed by atoms with Crippen molar-refractivity contribution in [1.29, 1.82) is 0 Å². The first-order valence-electron chi connectivity index (χ1n) is 7.89. The first kappa shape index (κ1) is 19.1. The summed E-state index contributed by atoms with van der Waals surface area (Å²) in [6.45, 7) is 0. The molecule has 2 amide bonds. The lowest BCUT2D eigenvalue weighted by atomic mass is 10.1. The van der Waals surface area contributed by atoms with E-state index >= 15 is 0 Å². The molecule has 0 radical (unpaired) electrons. The highest BCUT2D eigenvalue weighted by Crippen LogP contribution is 2.22. The topological polar surface area (TPSA) is 78.4 Å². The van der Waals surface area contributed by atoms with E-state index in [0.717, 1.165) is 8.95 Å². The maximum absolute atomic E-state index is 12.5. The summed E-state index contributed by atoms with van der Waals surface area (Å²) in [6, 6.07) is 18.3. The third-order valence-corrected chi connectivity index (χ3v) is 4.76. The van der Waals surface area contributed by atoms with Gasteiger partial charge in [-0.3, -0.25) is 9.59 Å².